The maximum absolute atomic E-state index is 13.8. The highest BCUT2D eigenvalue weighted by Crippen LogP contribution is 2.48. The van der Waals surface area contributed by atoms with E-state index < -0.39 is 11.9 Å². The van der Waals surface area contributed by atoms with E-state index in [2.05, 4.69) is 5.32 Å². The van der Waals surface area contributed by atoms with E-state index in [1.54, 1.807) is 27.4 Å². The molecule has 0 aromatic heterocycles. The summed E-state index contributed by atoms with van der Waals surface area (Å²) in [6, 6.07) is 13.3. The molecule has 2 aromatic carbocycles. The van der Waals surface area contributed by atoms with Crippen molar-refractivity contribution in [1.82, 2.24) is 5.32 Å². The Kier molecular flexibility index (Phi) is 7.67. The monoisotopic (exact) mass is 491 g/mol. The highest BCUT2D eigenvalue weighted by Gasteiger charge is 2.42. The number of benzene rings is 2. The van der Waals surface area contributed by atoms with Gasteiger partial charge in [0.05, 0.1) is 39.4 Å². The van der Waals surface area contributed by atoms with Gasteiger partial charge in [-0.25, -0.2) is 4.79 Å². The quantitative estimate of drug-likeness (QED) is 0.519. The van der Waals surface area contributed by atoms with Crippen molar-refractivity contribution in [3.05, 3.63) is 76.1 Å². The van der Waals surface area contributed by atoms with Gasteiger partial charge in [0, 0.05) is 35.0 Å². The molecule has 0 radical (unpaired) electrons. The highest BCUT2D eigenvalue weighted by molar-refractivity contribution is 6.04. The third kappa shape index (κ3) is 4.83. The van der Waals surface area contributed by atoms with E-state index in [1.165, 1.54) is 0 Å². The van der Waals surface area contributed by atoms with Crippen molar-refractivity contribution in [2.75, 3.05) is 27.9 Å². The van der Waals surface area contributed by atoms with Crippen molar-refractivity contribution in [1.29, 1.82) is 0 Å². The molecule has 0 amide bonds. The summed E-state index contributed by atoms with van der Waals surface area (Å²) in [5, 5.41) is 3.39. The van der Waals surface area contributed by atoms with Crippen LogP contribution in [0, 0.1) is 0 Å². The Morgan fingerprint density at radius 2 is 1.67 bits per heavy atom. The Hall–Kier alpha value is -3.74. The van der Waals surface area contributed by atoms with Crippen LogP contribution >= 0.6 is 0 Å². The molecule has 0 bridgehead atoms. The summed E-state index contributed by atoms with van der Waals surface area (Å²) in [6.07, 6.45) is 1.70. The molecular weight excluding hydrogens is 458 g/mol. The highest BCUT2D eigenvalue weighted by atomic mass is 16.5. The van der Waals surface area contributed by atoms with Crippen LogP contribution in [-0.4, -0.2) is 39.7 Å². The molecule has 1 aliphatic heterocycles. The summed E-state index contributed by atoms with van der Waals surface area (Å²) in [5.41, 5.74) is 4.34. The number of methoxy groups -OCH3 is 3. The lowest BCUT2D eigenvalue weighted by molar-refractivity contribution is -0.139. The van der Waals surface area contributed by atoms with Gasteiger partial charge in [-0.05, 0) is 49.4 Å². The molecule has 0 saturated heterocycles. The maximum Gasteiger partial charge on any atom is 0.336 e. The summed E-state index contributed by atoms with van der Waals surface area (Å²) in [6.45, 7) is 4.11. The second-order valence-corrected chi connectivity index (χ2v) is 9.03. The van der Waals surface area contributed by atoms with E-state index in [-0.39, 0.29) is 11.7 Å². The first-order valence-corrected chi connectivity index (χ1v) is 12.2. The van der Waals surface area contributed by atoms with Gasteiger partial charge in [-0.1, -0.05) is 25.1 Å². The number of rotatable bonds is 8. The second kappa shape index (κ2) is 10.9. The molecule has 190 valence electrons. The SMILES string of the molecule is CCCOC(=O)C1=C(C)NC2=C(C(=O)C[C@@H](c3ccc(OC)cc3)C2)[C@H]1c1ccc(OC)cc1OC. The predicted octanol–water partition coefficient (Wildman–Crippen LogP) is 5.03. The fourth-order valence-electron chi connectivity index (χ4n) is 5.06. The van der Waals surface area contributed by atoms with Crippen molar-refractivity contribution in [2.24, 2.45) is 0 Å². The summed E-state index contributed by atoms with van der Waals surface area (Å²) >= 11 is 0. The van der Waals surface area contributed by atoms with Crippen LogP contribution in [0.25, 0.3) is 0 Å². The molecule has 2 aromatic rings. The summed E-state index contributed by atoms with van der Waals surface area (Å²) < 4.78 is 21.9. The summed E-state index contributed by atoms with van der Waals surface area (Å²) in [4.78, 5) is 27.0. The minimum absolute atomic E-state index is 0.000677. The van der Waals surface area contributed by atoms with Crippen LogP contribution in [0.15, 0.2) is 65.0 Å². The number of carbonyl (C=O) groups excluding carboxylic acids is 2. The molecule has 1 aliphatic carbocycles. The number of allylic oxidation sites excluding steroid dienone is 3. The van der Waals surface area contributed by atoms with Gasteiger partial charge in [0.2, 0.25) is 0 Å². The molecule has 1 N–H and O–H groups in total. The molecule has 7 nitrogen and oxygen atoms in total. The van der Waals surface area contributed by atoms with Crippen molar-refractivity contribution in [3.63, 3.8) is 0 Å². The second-order valence-electron chi connectivity index (χ2n) is 9.03. The van der Waals surface area contributed by atoms with E-state index in [0.717, 1.165) is 22.6 Å². The van der Waals surface area contributed by atoms with Crippen LogP contribution in [-0.2, 0) is 14.3 Å². The van der Waals surface area contributed by atoms with Crippen molar-refractivity contribution in [2.45, 2.75) is 44.9 Å². The Labute approximate surface area is 212 Å². The van der Waals surface area contributed by atoms with Crippen LogP contribution in [0.4, 0.5) is 0 Å². The first-order chi connectivity index (χ1) is 17.4. The number of dihydropyridines is 1. The zero-order valence-electron chi connectivity index (χ0n) is 21.5. The summed E-state index contributed by atoms with van der Waals surface area (Å²) in [7, 11) is 4.79. The zero-order valence-corrected chi connectivity index (χ0v) is 21.5. The number of ketones is 1. The van der Waals surface area contributed by atoms with Gasteiger partial charge in [-0.2, -0.15) is 0 Å². The maximum atomic E-state index is 13.8. The number of Topliss-reactive ketones (excluding diaryl/α,β-unsaturated/α-hetero) is 1. The van der Waals surface area contributed by atoms with E-state index in [4.69, 9.17) is 18.9 Å². The molecule has 2 atom stereocenters. The topological polar surface area (TPSA) is 83.1 Å². The Morgan fingerprint density at radius 3 is 2.31 bits per heavy atom. The third-order valence-corrected chi connectivity index (χ3v) is 6.82. The number of nitrogens with one attached hydrogen (secondary N) is 1. The molecule has 36 heavy (non-hydrogen) atoms. The van der Waals surface area contributed by atoms with Gasteiger partial charge in [0.25, 0.3) is 0 Å². The van der Waals surface area contributed by atoms with E-state index in [1.807, 2.05) is 50.2 Å². The van der Waals surface area contributed by atoms with Crippen molar-refractivity contribution < 1.29 is 28.5 Å². The van der Waals surface area contributed by atoms with Gasteiger partial charge in [-0.3, -0.25) is 4.79 Å². The van der Waals surface area contributed by atoms with E-state index in [9.17, 15) is 9.59 Å². The van der Waals surface area contributed by atoms with E-state index >= 15 is 0 Å². The third-order valence-electron chi connectivity index (χ3n) is 6.82. The number of hydrogen-bond donors (Lipinski definition) is 1. The number of hydrogen-bond acceptors (Lipinski definition) is 7. The fourth-order valence-corrected chi connectivity index (χ4v) is 5.06. The normalized spacial score (nSPS) is 19.4. The molecule has 2 aliphatic rings. The van der Waals surface area contributed by atoms with Crippen molar-refractivity contribution in [3.8, 4) is 17.2 Å². The van der Waals surface area contributed by atoms with Crippen LogP contribution in [0.3, 0.4) is 0 Å². The molecular formula is C29H33NO6. The van der Waals surface area contributed by atoms with E-state index in [0.29, 0.717) is 54.2 Å². The number of esters is 1. The molecule has 4 rings (SSSR count). The Bertz CT molecular complexity index is 1210. The number of carbonyl (C=O) groups is 2. The Morgan fingerprint density at radius 1 is 0.972 bits per heavy atom. The number of ether oxygens (including phenoxy) is 4. The first kappa shape index (κ1) is 25.4. The largest absolute Gasteiger partial charge is 0.497 e. The van der Waals surface area contributed by atoms with Crippen LogP contribution < -0.4 is 19.5 Å². The lowest BCUT2D eigenvalue weighted by atomic mass is 9.71. The predicted molar refractivity (Wildman–Crippen MR) is 136 cm³/mol. The van der Waals surface area contributed by atoms with Gasteiger partial charge < -0.3 is 24.3 Å². The minimum atomic E-state index is -0.601. The smallest absolute Gasteiger partial charge is 0.336 e. The molecule has 7 heteroatoms. The van der Waals surface area contributed by atoms with Gasteiger partial charge in [-0.15, -0.1) is 0 Å². The van der Waals surface area contributed by atoms with Crippen LogP contribution in [0.5, 0.6) is 17.2 Å². The molecule has 0 saturated carbocycles. The molecule has 1 heterocycles. The van der Waals surface area contributed by atoms with Crippen molar-refractivity contribution >= 4 is 11.8 Å². The van der Waals surface area contributed by atoms with Gasteiger partial charge in [0.1, 0.15) is 17.2 Å². The average Bonchev–Trinajstić information content (AvgIpc) is 2.90. The van der Waals surface area contributed by atoms with Crippen LogP contribution in [0.2, 0.25) is 0 Å². The summed E-state index contributed by atoms with van der Waals surface area (Å²) in [5.74, 6) is 0.945. The Balaban J connectivity index is 1.80. The molecule has 0 fully saturated rings. The lowest BCUT2D eigenvalue weighted by Crippen LogP contribution is -2.36. The fraction of sp³-hybridized carbons (Fsp3) is 0.379. The lowest BCUT2D eigenvalue weighted by Gasteiger charge is -2.37. The first-order valence-electron chi connectivity index (χ1n) is 12.2. The van der Waals surface area contributed by atoms with Crippen LogP contribution in [0.1, 0.15) is 56.1 Å². The van der Waals surface area contributed by atoms with Gasteiger partial charge in [0.15, 0.2) is 5.78 Å². The molecule has 0 spiro atoms. The van der Waals surface area contributed by atoms with Gasteiger partial charge >= 0.3 is 5.97 Å². The average molecular weight is 492 g/mol. The molecule has 0 unspecified atom stereocenters. The minimum Gasteiger partial charge on any atom is -0.497 e. The zero-order chi connectivity index (χ0) is 25.8. The standard InChI is InChI=1S/C29H33NO6/c1-6-13-36-29(32)26-17(2)30-23-14-19(18-7-9-20(33-3)10-8-18)15-24(31)28(23)27(26)22-12-11-21(34-4)16-25(22)35-5/h7-12,16,19,27,30H,6,13-15H2,1-5H3/t19-,27-/m0/s1.